The summed E-state index contributed by atoms with van der Waals surface area (Å²) in [7, 11) is 0. The van der Waals surface area contributed by atoms with Crippen molar-refractivity contribution in [3.8, 4) is 5.69 Å². The van der Waals surface area contributed by atoms with Crippen LogP contribution in [0.25, 0.3) is 15.9 Å². The number of amides is 1. The molecule has 9 heteroatoms. The average Bonchev–Trinajstić information content (AvgIpc) is 3.23. The van der Waals surface area contributed by atoms with Crippen molar-refractivity contribution in [3.05, 3.63) is 96.7 Å². The van der Waals surface area contributed by atoms with Gasteiger partial charge in [-0.25, -0.2) is 13.8 Å². The summed E-state index contributed by atoms with van der Waals surface area (Å²) < 4.78 is 16.0. The van der Waals surface area contributed by atoms with Gasteiger partial charge in [0.2, 0.25) is 5.91 Å². The van der Waals surface area contributed by atoms with Crippen molar-refractivity contribution in [3.63, 3.8) is 0 Å². The van der Waals surface area contributed by atoms with Gasteiger partial charge in [-0.1, -0.05) is 41.4 Å². The zero-order valence-corrected chi connectivity index (χ0v) is 18.0. The maximum atomic E-state index is 13.6. The Hall–Kier alpha value is -3.23. The lowest BCUT2D eigenvalue weighted by molar-refractivity contribution is -0.121. The summed E-state index contributed by atoms with van der Waals surface area (Å²) in [6.07, 6.45) is 0. The van der Waals surface area contributed by atoms with Crippen LogP contribution in [0.4, 0.5) is 4.39 Å². The molecule has 0 bridgehead atoms. The molecule has 1 amide bonds. The van der Waals surface area contributed by atoms with Crippen LogP contribution in [0.15, 0.2) is 63.5 Å². The number of hydrogen-bond acceptors (Lipinski definition) is 4. The second-order valence-electron chi connectivity index (χ2n) is 7.00. The number of nitrogens with zero attached hydrogens (tertiary/aromatic N) is 2. The van der Waals surface area contributed by atoms with E-state index >= 15 is 0 Å². The molecule has 0 saturated heterocycles. The molecule has 31 heavy (non-hydrogen) atoms. The molecule has 0 fully saturated rings. The maximum absolute atomic E-state index is 13.6. The standard InChI is InChI=1S/C22H17ClFN3O3S/c1-13-2-4-14(5-3-13)11-25-19(28)12-26-18-8-9-31-20(18)21(29)27(22(26)30)15-6-7-17(24)16(23)10-15/h2-10H,11-12H2,1H3,(H,25,28). The molecule has 1 N–H and O–H groups in total. The normalized spacial score (nSPS) is 11.1. The minimum absolute atomic E-state index is 0.130. The summed E-state index contributed by atoms with van der Waals surface area (Å²) in [5.41, 5.74) is 1.29. The Morgan fingerprint density at radius 1 is 1.13 bits per heavy atom. The lowest BCUT2D eigenvalue weighted by atomic mass is 10.1. The van der Waals surface area contributed by atoms with Crippen LogP contribution in [0.2, 0.25) is 5.02 Å². The van der Waals surface area contributed by atoms with Gasteiger partial charge in [0.25, 0.3) is 5.56 Å². The minimum atomic E-state index is -0.705. The number of carbonyl (C=O) groups is 1. The molecule has 0 aliphatic heterocycles. The predicted octanol–water partition coefficient (Wildman–Crippen LogP) is 3.63. The molecular weight excluding hydrogens is 441 g/mol. The van der Waals surface area contributed by atoms with Crippen LogP contribution < -0.4 is 16.6 Å². The Morgan fingerprint density at radius 2 is 1.87 bits per heavy atom. The molecule has 4 aromatic rings. The largest absolute Gasteiger partial charge is 0.350 e. The zero-order valence-electron chi connectivity index (χ0n) is 16.4. The van der Waals surface area contributed by atoms with Gasteiger partial charge < -0.3 is 5.32 Å². The maximum Gasteiger partial charge on any atom is 0.336 e. The fourth-order valence-corrected chi connectivity index (χ4v) is 4.20. The van der Waals surface area contributed by atoms with Crippen molar-refractivity contribution < 1.29 is 9.18 Å². The molecule has 158 valence electrons. The molecule has 2 heterocycles. The van der Waals surface area contributed by atoms with Gasteiger partial charge in [0.1, 0.15) is 17.1 Å². The number of carbonyl (C=O) groups excluding carboxylic acids is 1. The molecule has 0 aliphatic carbocycles. The van der Waals surface area contributed by atoms with Crippen molar-refractivity contribution >= 4 is 39.1 Å². The van der Waals surface area contributed by atoms with E-state index in [0.29, 0.717) is 16.8 Å². The molecule has 4 rings (SSSR count). The molecule has 0 unspecified atom stereocenters. The first-order valence-corrected chi connectivity index (χ1v) is 10.6. The molecule has 0 atom stereocenters. The van der Waals surface area contributed by atoms with E-state index in [1.807, 2.05) is 31.2 Å². The second kappa shape index (κ2) is 8.49. The number of thiophene rings is 1. The molecule has 0 radical (unpaired) electrons. The van der Waals surface area contributed by atoms with Gasteiger partial charge >= 0.3 is 5.69 Å². The predicted molar refractivity (Wildman–Crippen MR) is 120 cm³/mol. The van der Waals surface area contributed by atoms with E-state index in [1.165, 1.54) is 16.7 Å². The number of benzene rings is 2. The first-order valence-electron chi connectivity index (χ1n) is 9.36. The van der Waals surface area contributed by atoms with E-state index in [0.717, 1.165) is 33.1 Å². The summed E-state index contributed by atoms with van der Waals surface area (Å²) in [5, 5.41) is 4.25. The molecule has 0 spiro atoms. The van der Waals surface area contributed by atoms with Crippen LogP contribution in [0.1, 0.15) is 11.1 Å². The first-order chi connectivity index (χ1) is 14.8. The third-order valence-electron chi connectivity index (χ3n) is 4.83. The van der Waals surface area contributed by atoms with E-state index < -0.39 is 17.1 Å². The highest BCUT2D eigenvalue weighted by molar-refractivity contribution is 7.17. The lowest BCUT2D eigenvalue weighted by Crippen LogP contribution is -2.41. The van der Waals surface area contributed by atoms with E-state index in [-0.39, 0.29) is 23.2 Å². The highest BCUT2D eigenvalue weighted by atomic mass is 35.5. The first kappa shape index (κ1) is 21.0. The topological polar surface area (TPSA) is 73.1 Å². The van der Waals surface area contributed by atoms with Gasteiger partial charge in [0.05, 0.1) is 16.2 Å². The van der Waals surface area contributed by atoms with Gasteiger partial charge in [-0.15, -0.1) is 11.3 Å². The van der Waals surface area contributed by atoms with Gasteiger partial charge in [0.15, 0.2) is 0 Å². The fraction of sp³-hybridized carbons (Fsp3) is 0.136. The van der Waals surface area contributed by atoms with Crippen LogP contribution in [0, 0.1) is 12.7 Å². The third-order valence-corrected chi connectivity index (χ3v) is 6.01. The summed E-state index contributed by atoms with van der Waals surface area (Å²) in [5.74, 6) is -1.04. The van der Waals surface area contributed by atoms with Crippen LogP contribution >= 0.6 is 22.9 Å². The second-order valence-corrected chi connectivity index (χ2v) is 8.33. The van der Waals surface area contributed by atoms with Crippen molar-refractivity contribution in [1.82, 2.24) is 14.5 Å². The van der Waals surface area contributed by atoms with E-state index in [9.17, 15) is 18.8 Å². The van der Waals surface area contributed by atoms with Crippen LogP contribution in [0.5, 0.6) is 0 Å². The summed E-state index contributed by atoms with van der Waals surface area (Å²) >= 11 is 7.00. The highest BCUT2D eigenvalue weighted by Gasteiger charge is 2.18. The number of aromatic nitrogens is 2. The molecule has 0 saturated carbocycles. The van der Waals surface area contributed by atoms with Crippen molar-refractivity contribution in [2.24, 2.45) is 0 Å². The van der Waals surface area contributed by atoms with Crippen molar-refractivity contribution in [2.45, 2.75) is 20.0 Å². The van der Waals surface area contributed by atoms with Gasteiger partial charge in [-0.05, 0) is 42.1 Å². The summed E-state index contributed by atoms with van der Waals surface area (Å²) in [6, 6.07) is 12.9. The molecule has 2 aromatic heterocycles. The minimum Gasteiger partial charge on any atom is -0.350 e. The molecule has 6 nitrogen and oxygen atoms in total. The Balaban J connectivity index is 1.70. The quantitative estimate of drug-likeness (QED) is 0.497. The van der Waals surface area contributed by atoms with Gasteiger partial charge in [-0.3, -0.25) is 14.2 Å². The smallest absolute Gasteiger partial charge is 0.336 e. The number of nitrogens with one attached hydrogen (secondary N) is 1. The van der Waals surface area contributed by atoms with Crippen LogP contribution in [0.3, 0.4) is 0 Å². The van der Waals surface area contributed by atoms with E-state index in [4.69, 9.17) is 11.6 Å². The third kappa shape index (κ3) is 4.17. The molecule has 0 aliphatic rings. The summed E-state index contributed by atoms with van der Waals surface area (Å²) in [6.45, 7) is 2.02. The monoisotopic (exact) mass is 457 g/mol. The Bertz CT molecular complexity index is 1410. The highest BCUT2D eigenvalue weighted by Crippen LogP contribution is 2.19. The average molecular weight is 458 g/mol. The number of hydrogen-bond donors (Lipinski definition) is 1. The van der Waals surface area contributed by atoms with E-state index in [2.05, 4.69) is 5.32 Å². The van der Waals surface area contributed by atoms with Crippen molar-refractivity contribution in [2.75, 3.05) is 0 Å². The lowest BCUT2D eigenvalue weighted by Gasteiger charge is -2.13. The Morgan fingerprint density at radius 3 is 2.58 bits per heavy atom. The Labute approximate surface area is 185 Å². The number of rotatable bonds is 5. The van der Waals surface area contributed by atoms with Crippen LogP contribution in [-0.4, -0.2) is 15.0 Å². The molecular formula is C22H17ClFN3O3S. The van der Waals surface area contributed by atoms with E-state index in [1.54, 1.807) is 11.4 Å². The fourth-order valence-electron chi connectivity index (χ4n) is 3.20. The SMILES string of the molecule is Cc1ccc(CNC(=O)Cn2c(=O)n(-c3ccc(F)c(Cl)c3)c(=O)c3sccc32)cc1. The zero-order chi connectivity index (χ0) is 22.1. The van der Waals surface area contributed by atoms with Gasteiger partial charge in [0, 0.05) is 6.54 Å². The summed E-state index contributed by atoms with van der Waals surface area (Å²) in [4.78, 5) is 38.6. The Kier molecular flexibility index (Phi) is 5.75. The van der Waals surface area contributed by atoms with Gasteiger partial charge in [-0.2, -0.15) is 0 Å². The van der Waals surface area contributed by atoms with Crippen LogP contribution in [-0.2, 0) is 17.9 Å². The number of fused-ring (bicyclic) bond motifs is 1. The number of aryl methyl sites for hydroxylation is 1. The number of halogens is 2. The van der Waals surface area contributed by atoms with Crippen molar-refractivity contribution in [1.29, 1.82) is 0 Å². The molecule has 2 aromatic carbocycles.